The van der Waals surface area contributed by atoms with E-state index in [9.17, 15) is 4.79 Å². The van der Waals surface area contributed by atoms with Gasteiger partial charge in [0.15, 0.2) is 0 Å². The van der Waals surface area contributed by atoms with E-state index in [1.807, 2.05) is 27.7 Å². The van der Waals surface area contributed by atoms with E-state index in [0.717, 1.165) is 19.4 Å². The minimum Gasteiger partial charge on any atom is -0.356 e. The molecule has 0 rings (SSSR count). The maximum atomic E-state index is 10.7. The molecule has 0 spiro atoms. The zero-order chi connectivity index (χ0) is 9.11. The van der Waals surface area contributed by atoms with Crippen molar-refractivity contribution in [3.05, 3.63) is 0 Å². The molecule has 0 aliphatic heterocycles. The van der Waals surface area contributed by atoms with Gasteiger partial charge in [0.2, 0.25) is 5.91 Å². The SMILES string of the molecule is CC.CCCNC(=O)CCC.[HH]. The Balaban J connectivity index is -0.000000249. The molecule has 70 valence electrons. The van der Waals surface area contributed by atoms with Gasteiger partial charge in [-0.1, -0.05) is 27.7 Å². The lowest BCUT2D eigenvalue weighted by Crippen LogP contribution is -2.23. The van der Waals surface area contributed by atoms with Crippen LogP contribution in [0.3, 0.4) is 0 Å². The fourth-order valence-electron chi connectivity index (χ4n) is 0.580. The number of nitrogens with one attached hydrogen (secondary N) is 1. The van der Waals surface area contributed by atoms with Gasteiger partial charge in [-0.2, -0.15) is 0 Å². The summed E-state index contributed by atoms with van der Waals surface area (Å²) in [6.45, 7) is 8.87. The first-order valence-corrected chi connectivity index (χ1v) is 4.58. The average molecular weight is 161 g/mol. The maximum absolute atomic E-state index is 10.7. The van der Waals surface area contributed by atoms with Crippen LogP contribution in [0, 0.1) is 0 Å². The van der Waals surface area contributed by atoms with Crippen LogP contribution in [-0.4, -0.2) is 12.5 Å². The summed E-state index contributed by atoms with van der Waals surface area (Å²) < 4.78 is 0. The van der Waals surface area contributed by atoms with Crippen LogP contribution in [0.2, 0.25) is 0 Å². The van der Waals surface area contributed by atoms with Gasteiger partial charge >= 0.3 is 0 Å². The van der Waals surface area contributed by atoms with Gasteiger partial charge in [-0.3, -0.25) is 4.79 Å². The second kappa shape index (κ2) is 12.2. The average Bonchev–Trinajstić information content (AvgIpc) is 2.05. The van der Waals surface area contributed by atoms with Crippen LogP contribution in [0.4, 0.5) is 0 Å². The van der Waals surface area contributed by atoms with E-state index in [4.69, 9.17) is 0 Å². The first-order chi connectivity index (χ1) is 5.31. The molecule has 11 heavy (non-hydrogen) atoms. The molecule has 0 fully saturated rings. The summed E-state index contributed by atoms with van der Waals surface area (Å²) in [6, 6.07) is 0. The molecule has 0 aliphatic carbocycles. The highest BCUT2D eigenvalue weighted by molar-refractivity contribution is 5.75. The van der Waals surface area contributed by atoms with Crippen LogP contribution in [0.15, 0.2) is 0 Å². The van der Waals surface area contributed by atoms with E-state index in [1.54, 1.807) is 0 Å². The normalized spacial score (nSPS) is 8.00. The maximum Gasteiger partial charge on any atom is 0.219 e. The van der Waals surface area contributed by atoms with E-state index >= 15 is 0 Å². The van der Waals surface area contributed by atoms with E-state index in [2.05, 4.69) is 5.32 Å². The van der Waals surface area contributed by atoms with Gasteiger partial charge in [0.1, 0.15) is 0 Å². The summed E-state index contributed by atoms with van der Waals surface area (Å²) in [4.78, 5) is 10.7. The Morgan fingerprint density at radius 3 is 2.18 bits per heavy atom. The molecule has 0 aliphatic rings. The van der Waals surface area contributed by atoms with Crippen molar-refractivity contribution in [2.24, 2.45) is 0 Å². The molecular formula is C9H23NO. The summed E-state index contributed by atoms with van der Waals surface area (Å²) in [7, 11) is 0. The molecular weight excluding hydrogens is 138 g/mol. The second-order valence-corrected chi connectivity index (χ2v) is 2.10. The van der Waals surface area contributed by atoms with Gasteiger partial charge < -0.3 is 5.32 Å². The summed E-state index contributed by atoms with van der Waals surface area (Å²) in [5, 5.41) is 2.79. The summed E-state index contributed by atoms with van der Waals surface area (Å²) in [6.07, 6.45) is 2.63. The molecule has 0 unspecified atom stereocenters. The van der Waals surface area contributed by atoms with Crippen molar-refractivity contribution in [1.82, 2.24) is 5.32 Å². The minimum absolute atomic E-state index is 0. The van der Waals surface area contributed by atoms with Crippen molar-refractivity contribution in [3.63, 3.8) is 0 Å². The van der Waals surface area contributed by atoms with E-state index < -0.39 is 0 Å². The first-order valence-electron chi connectivity index (χ1n) is 4.58. The Labute approximate surface area is 71.9 Å². The lowest BCUT2D eigenvalue weighted by Gasteiger charge is -1.99. The van der Waals surface area contributed by atoms with Crippen LogP contribution in [0.1, 0.15) is 48.4 Å². The van der Waals surface area contributed by atoms with Crippen LogP contribution < -0.4 is 5.32 Å². The molecule has 1 amide bonds. The molecule has 0 radical (unpaired) electrons. The van der Waals surface area contributed by atoms with Crippen LogP contribution >= 0.6 is 0 Å². The highest BCUT2D eigenvalue weighted by Gasteiger charge is 1.94. The summed E-state index contributed by atoms with van der Waals surface area (Å²) in [5.41, 5.74) is 0. The lowest BCUT2D eigenvalue weighted by molar-refractivity contribution is -0.121. The fourth-order valence-corrected chi connectivity index (χ4v) is 0.580. The Kier molecular flexibility index (Phi) is 14.5. The van der Waals surface area contributed by atoms with Gasteiger partial charge in [0.05, 0.1) is 0 Å². The van der Waals surface area contributed by atoms with E-state index in [1.165, 1.54) is 0 Å². The van der Waals surface area contributed by atoms with Gasteiger partial charge in [-0.15, -0.1) is 0 Å². The highest BCUT2D eigenvalue weighted by Crippen LogP contribution is 1.84. The summed E-state index contributed by atoms with van der Waals surface area (Å²) >= 11 is 0. The van der Waals surface area contributed by atoms with E-state index in [-0.39, 0.29) is 7.33 Å². The third-order valence-corrected chi connectivity index (χ3v) is 1.05. The van der Waals surface area contributed by atoms with Crippen molar-refractivity contribution >= 4 is 5.91 Å². The number of carbonyl (C=O) groups is 1. The molecule has 0 heterocycles. The third-order valence-electron chi connectivity index (χ3n) is 1.05. The highest BCUT2D eigenvalue weighted by atomic mass is 16.1. The Bertz CT molecular complexity index is 86.6. The van der Waals surface area contributed by atoms with Gasteiger partial charge in [0, 0.05) is 14.4 Å². The molecule has 1 N–H and O–H groups in total. The number of rotatable bonds is 4. The standard InChI is InChI=1S/C7H15NO.C2H6.H2/c1-3-5-7(9)8-6-4-2;1-2;/h3-6H2,1-2H3,(H,8,9);1-2H3;1H. The number of carbonyl (C=O) groups excluding carboxylic acids is 1. The molecule has 0 aromatic carbocycles. The molecule has 2 heteroatoms. The zero-order valence-electron chi connectivity index (χ0n) is 8.24. The van der Waals surface area contributed by atoms with Gasteiger partial charge in [0.25, 0.3) is 0 Å². The number of hydrogen-bond acceptors (Lipinski definition) is 1. The molecule has 0 saturated carbocycles. The fraction of sp³-hybridized carbons (Fsp3) is 0.889. The molecule has 0 saturated heterocycles. The van der Waals surface area contributed by atoms with E-state index in [0.29, 0.717) is 6.42 Å². The van der Waals surface area contributed by atoms with Crippen molar-refractivity contribution in [2.75, 3.05) is 6.54 Å². The first kappa shape index (κ1) is 13.1. The molecule has 2 nitrogen and oxygen atoms in total. The van der Waals surface area contributed by atoms with Gasteiger partial charge in [-0.25, -0.2) is 0 Å². The molecule has 0 atom stereocenters. The van der Waals surface area contributed by atoms with Crippen LogP contribution in [0.25, 0.3) is 0 Å². The Hall–Kier alpha value is -0.530. The number of amides is 1. The van der Waals surface area contributed by atoms with Crippen molar-refractivity contribution in [2.45, 2.75) is 47.0 Å². The smallest absolute Gasteiger partial charge is 0.219 e. The quantitative estimate of drug-likeness (QED) is 0.674. The number of hydrogen-bond donors (Lipinski definition) is 1. The second-order valence-electron chi connectivity index (χ2n) is 2.10. The lowest BCUT2D eigenvalue weighted by atomic mass is 10.3. The van der Waals surface area contributed by atoms with Crippen LogP contribution in [-0.2, 0) is 4.79 Å². The predicted octanol–water partition coefficient (Wildman–Crippen LogP) is 2.58. The minimum atomic E-state index is 0. The zero-order valence-corrected chi connectivity index (χ0v) is 8.24. The van der Waals surface area contributed by atoms with Crippen molar-refractivity contribution in [3.8, 4) is 0 Å². The Morgan fingerprint density at radius 2 is 1.82 bits per heavy atom. The van der Waals surface area contributed by atoms with Crippen molar-refractivity contribution < 1.29 is 6.22 Å². The third kappa shape index (κ3) is 12.6. The van der Waals surface area contributed by atoms with Gasteiger partial charge in [-0.05, 0) is 12.8 Å². The molecule has 0 aromatic heterocycles. The topological polar surface area (TPSA) is 29.1 Å². The van der Waals surface area contributed by atoms with Crippen LogP contribution in [0.5, 0.6) is 0 Å². The Morgan fingerprint density at radius 1 is 1.27 bits per heavy atom. The van der Waals surface area contributed by atoms with Crippen molar-refractivity contribution in [1.29, 1.82) is 0 Å². The monoisotopic (exact) mass is 161 g/mol. The predicted molar refractivity (Wildman–Crippen MR) is 51.7 cm³/mol. The summed E-state index contributed by atoms with van der Waals surface area (Å²) in [5.74, 6) is 0.180. The molecule has 0 bridgehead atoms. The largest absolute Gasteiger partial charge is 0.356 e. The molecule has 0 aromatic rings.